The van der Waals surface area contributed by atoms with Crippen LogP contribution in [0.5, 0.6) is 0 Å². The third kappa shape index (κ3) is 2.93. The van der Waals surface area contributed by atoms with Gasteiger partial charge in [-0.3, -0.25) is 19.3 Å². The van der Waals surface area contributed by atoms with Crippen LogP contribution >= 0.6 is 11.6 Å². The summed E-state index contributed by atoms with van der Waals surface area (Å²) in [6, 6.07) is 6.66. The molecule has 2 atom stereocenters. The minimum absolute atomic E-state index is 0.0661. The van der Waals surface area contributed by atoms with E-state index in [0.29, 0.717) is 55.4 Å². The number of carbonyl (C=O) groups is 3. The smallest absolute Gasteiger partial charge is 0.254 e. The number of imide groups is 1. The van der Waals surface area contributed by atoms with Crippen LogP contribution in [0.1, 0.15) is 23.2 Å². The van der Waals surface area contributed by atoms with Gasteiger partial charge in [0.25, 0.3) is 5.91 Å². The van der Waals surface area contributed by atoms with Crippen molar-refractivity contribution >= 4 is 35.0 Å². The fraction of sp³-hybridized carbons (Fsp3) is 0.421. The summed E-state index contributed by atoms with van der Waals surface area (Å²) in [5.41, 5.74) is 1.04. The first-order valence-corrected chi connectivity index (χ1v) is 9.13. The molecule has 1 aromatic carbocycles. The summed E-state index contributed by atoms with van der Waals surface area (Å²) in [6.45, 7) is 2.22. The van der Waals surface area contributed by atoms with Crippen LogP contribution < -0.4 is 4.90 Å². The van der Waals surface area contributed by atoms with Gasteiger partial charge in [-0.25, -0.2) is 0 Å². The fourth-order valence-corrected chi connectivity index (χ4v) is 4.04. The second kappa shape index (κ2) is 6.85. The predicted molar refractivity (Wildman–Crippen MR) is 95.8 cm³/mol. The predicted octanol–water partition coefficient (Wildman–Crippen LogP) is 2.18. The van der Waals surface area contributed by atoms with Gasteiger partial charge in [0.1, 0.15) is 0 Å². The fourth-order valence-electron chi connectivity index (χ4n) is 3.78. The monoisotopic (exact) mass is 374 g/mol. The summed E-state index contributed by atoms with van der Waals surface area (Å²) in [5, 5.41) is 0.640. The molecule has 1 aliphatic carbocycles. The number of nitrogens with zero attached hydrogens (tertiary/aromatic N) is 2. The number of hydrogen-bond acceptors (Lipinski definition) is 4. The van der Waals surface area contributed by atoms with E-state index >= 15 is 0 Å². The molecule has 26 heavy (non-hydrogen) atoms. The topological polar surface area (TPSA) is 66.9 Å². The van der Waals surface area contributed by atoms with Crippen LogP contribution in [-0.2, 0) is 14.3 Å². The van der Waals surface area contributed by atoms with Crippen molar-refractivity contribution in [1.82, 2.24) is 4.90 Å². The summed E-state index contributed by atoms with van der Waals surface area (Å²) in [4.78, 5) is 40.8. The summed E-state index contributed by atoms with van der Waals surface area (Å²) >= 11 is 6.05. The van der Waals surface area contributed by atoms with Crippen LogP contribution in [0.25, 0.3) is 0 Å². The molecule has 2 fully saturated rings. The highest BCUT2D eigenvalue weighted by Crippen LogP contribution is 2.40. The highest BCUT2D eigenvalue weighted by atomic mass is 35.5. The standard InChI is InChI=1S/C19H19ClN2O4/c20-13-3-6-15-16(11-13)19(25)22(18(15)24)14-4-1-12(2-5-14)17(23)21-7-9-26-10-8-21/h1-5,15-16H,6-11H2/t15-,16-/m0/s1. The lowest BCUT2D eigenvalue weighted by Gasteiger charge is -2.27. The number of allylic oxidation sites excluding steroid dienone is 2. The third-order valence-corrected chi connectivity index (χ3v) is 5.55. The Balaban J connectivity index is 1.53. The molecule has 0 radical (unpaired) electrons. The number of fused-ring (bicyclic) bond motifs is 1. The number of benzene rings is 1. The molecule has 4 rings (SSSR count). The molecule has 0 spiro atoms. The van der Waals surface area contributed by atoms with Gasteiger partial charge >= 0.3 is 0 Å². The molecule has 3 aliphatic rings. The second-order valence-electron chi connectivity index (χ2n) is 6.77. The number of ether oxygens (including phenoxy) is 1. The van der Waals surface area contributed by atoms with Crippen molar-refractivity contribution in [2.24, 2.45) is 11.8 Å². The molecule has 0 bridgehead atoms. The lowest BCUT2D eigenvalue weighted by Crippen LogP contribution is -2.40. The molecule has 2 saturated heterocycles. The van der Waals surface area contributed by atoms with E-state index in [-0.39, 0.29) is 29.6 Å². The van der Waals surface area contributed by atoms with Crippen molar-refractivity contribution in [3.05, 3.63) is 40.9 Å². The van der Waals surface area contributed by atoms with Gasteiger partial charge in [0.2, 0.25) is 11.8 Å². The average Bonchev–Trinajstić information content (AvgIpc) is 2.92. The van der Waals surface area contributed by atoms with Crippen molar-refractivity contribution < 1.29 is 19.1 Å². The zero-order chi connectivity index (χ0) is 18.3. The third-order valence-electron chi connectivity index (χ3n) is 5.24. The largest absolute Gasteiger partial charge is 0.378 e. The van der Waals surface area contributed by atoms with E-state index < -0.39 is 0 Å². The Hall–Kier alpha value is -2.18. The van der Waals surface area contributed by atoms with Crippen molar-refractivity contribution in [3.8, 4) is 0 Å². The summed E-state index contributed by atoms with van der Waals surface area (Å²) < 4.78 is 5.26. The second-order valence-corrected chi connectivity index (χ2v) is 7.25. The first-order valence-electron chi connectivity index (χ1n) is 8.75. The highest BCUT2D eigenvalue weighted by molar-refractivity contribution is 6.30. The Morgan fingerprint density at radius 3 is 2.38 bits per heavy atom. The van der Waals surface area contributed by atoms with Crippen molar-refractivity contribution in [1.29, 1.82) is 0 Å². The first kappa shape index (κ1) is 17.2. The molecule has 3 amide bonds. The van der Waals surface area contributed by atoms with E-state index in [9.17, 15) is 14.4 Å². The lowest BCUT2D eigenvalue weighted by molar-refractivity contribution is -0.122. The molecule has 1 aromatic rings. The quantitative estimate of drug-likeness (QED) is 0.744. The number of rotatable bonds is 2. The van der Waals surface area contributed by atoms with Gasteiger partial charge in [0.15, 0.2) is 0 Å². The molecule has 6 nitrogen and oxygen atoms in total. The molecule has 136 valence electrons. The van der Waals surface area contributed by atoms with Gasteiger partial charge in [-0.05, 0) is 37.1 Å². The molecule has 0 aromatic heterocycles. The molecule has 0 saturated carbocycles. The minimum Gasteiger partial charge on any atom is -0.378 e. The highest BCUT2D eigenvalue weighted by Gasteiger charge is 2.48. The Kier molecular flexibility index (Phi) is 4.54. The summed E-state index contributed by atoms with van der Waals surface area (Å²) in [6.07, 6.45) is 2.74. The number of carbonyl (C=O) groups excluding carboxylic acids is 3. The SMILES string of the molecule is O=C(c1ccc(N2C(=O)[C@H]3CC=C(Cl)C[C@@H]3C2=O)cc1)N1CCOCC1. The van der Waals surface area contributed by atoms with Crippen LogP contribution in [0.3, 0.4) is 0 Å². The van der Waals surface area contributed by atoms with E-state index in [1.807, 2.05) is 6.08 Å². The average molecular weight is 375 g/mol. The molecule has 0 unspecified atom stereocenters. The van der Waals surface area contributed by atoms with E-state index in [0.717, 1.165) is 0 Å². The maximum absolute atomic E-state index is 12.7. The zero-order valence-electron chi connectivity index (χ0n) is 14.2. The van der Waals surface area contributed by atoms with Crippen molar-refractivity contribution in [2.45, 2.75) is 12.8 Å². The Bertz CT molecular complexity index is 783. The first-order chi connectivity index (χ1) is 12.6. The van der Waals surface area contributed by atoms with E-state index in [4.69, 9.17) is 16.3 Å². The molecule has 2 heterocycles. The Morgan fingerprint density at radius 1 is 1.04 bits per heavy atom. The Labute approximate surface area is 156 Å². The maximum Gasteiger partial charge on any atom is 0.254 e. The summed E-state index contributed by atoms with van der Waals surface area (Å²) in [7, 11) is 0. The zero-order valence-corrected chi connectivity index (χ0v) is 14.9. The van der Waals surface area contributed by atoms with Crippen molar-refractivity contribution in [2.75, 3.05) is 31.2 Å². The van der Waals surface area contributed by atoms with Gasteiger partial charge in [-0.2, -0.15) is 0 Å². The number of halogens is 1. The van der Waals surface area contributed by atoms with E-state index in [2.05, 4.69) is 0 Å². The van der Waals surface area contributed by atoms with Crippen LogP contribution in [0.2, 0.25) is 0 Å². The number of hydrogen-bond donors (Lipinski definition) is 0. The van der Waals surface area contributed by atoms with E-state index in [1.165, 1.54) is 4.90 Å². The summed E-state index contributed by atoms with van der Waals surface area (Å²) in [5.74, 6) is -1.18. The number of morpholine rings is 1. The number of amides is 3. The van der Waals surface area contributed by atoms with Crippen LogP contribution in [0, 0.1) is 11.8 Å². The van der Waals surface area contributed by atoms with Gasteiger partial charge in [0, 0.05) is 23.7 Å². The van der Waals surface area contributed by atoms with Crippen LogP contribution in [0.15, 0.2) is 35.4 Å². The Morgan fingerprint density at radius 2 is 1.69 bits per heavy atom. The van der Waals surface area contributed by atoms with Gasteiger partial charge in [0.05, 0.1) is 30.7 Å². The number of anilines is 1. The molecular formula is C19H19ClN2O4. The van der Waals surface area contributed by atoms with Crippen molar-refractivity contribution in [3.63, 3.8) is 0 Å². The molecule has 2 aliphatic heterocycles. The maximum atomic E-state index is 12.7. The molecular weight excluding hydrogens is 356 g/mol. The van der Waals surface area contributed by atoms with Crippen LogP contribution in [-0.4, -0.2) is 48.9 Å². The van der Waals surface area contributed by atoms with Crippen LogP contribution in [0.4, 0.5) is 5.69 Å². The lowest BCUT2D eigenvalue weighted by atomic mass is 9.85. The molecule has 0 N–H and O–H groups in total. The minimum atomic E-state index is -0.380. The van der Waals surface area contributed by atoms with E-state index in [1.54, 1.807) is 29.2 Å². The van der Waals surface area contributed by atoms with Gasteiger partial charge < -0.3 is 9.64 Å². The van der Waals surface area contributed by atoms with Gasteiger partial charge in [-0.15, -0.1) is 0 Å². The van der Waals surface area contributed by atoms with Gasteiger partial charge in [-0.1, -0.05) is 17.7 Å². The molecule has 7 heteroatoms. The normalized spacial score (nSPS) is 26.0.